The molecule has 0 bridgehead atoms. The lowest BCUT2D eigenvalue weighted by atomic mass is 9.84. The second-order valence-electron chi connectivity index (χ2n) is 13.1. The Balaban J connectivity index is 1.34. The number of halogens is 6. The van der Waals surface area contributed by atoms with E-state index < -0.39 is 58.3 Å². The number of alkyl halides is 5. The van der Waals surface area contributed by atoms with Crippen molar-refractivity contribution >= 4 is 17.8 Å². The van der Waals surface area contributed by atoms with Crippen LogP contribution in [0.1, 0.15) is 75.2 Å². The topological polar surface area (TPSA) is 102 Å². The molecule has 0 unspecified atom stereocenters. The van der Waals surface area contributed by atoms with Gasteiger partial charge in [-0.3, -0.25) is 9.59 Å². The van der Waals surface area contributed by atoms with Gasteiger partial charge in [0.05, 0.1) is 41.1 Å². The molecule has 1 amide bonds. The van der Waals surface area contributed by atoms with Gasteiger partial charge in [-0.1, -0.05) is 18.2 Å². The number of hydrogen-bond acceptors (Lipinski definition) is 5. The summed E-state index contributed by atoms with van der Waals surface area (Å²) in [6.07, 6.45) is -7.76. The molecule has 8 nitrogen and oxygen atoms in total. The van der Waals surface area contributed by atoms with Crippen LogP contribution in [-0.4, -0.2) is 70.1 Å². The molecule has 3 fully saturated rings. The molecular formula is C33H29F6N3O5. The number of fused-ring (bicyclic) bond motifs is 1. The van der Waals surface area contributed by atoms with Crippen molar-refractivity contribution in [3.05, 3.63) is 75.7 Å². The van der Waals surface area contributed by atoms with Crippen molar-refractivity contribution in [1.82, 2.24) is 14.7 Å². The fourth-order valence-electron chi connectivity index (χ4n) is 7.38. The molecule has 2 aromatic carbocycles. The largest absolute Gasteiger partial charge is 0.478 e. The van der Waals surface area contributed by atoms with Gasteiger partial charge >= 0.3 is 12.1 Å². The van der Waals surface area contributed by atoms with Crippen molar-refractivity contribution in [1.29, 1.82) is 0 Å². The third-order valence-corrected chi connectivity index (χ3v) is 10.2. The molecule has 1 spiro atoms. The zero-order chi connectivity index (χ0) is 33.5. The van der Waals surface area contributed by atoms with Crippen molar-refractivity contribution in [2.24, 2.45) is 11.3 Å². The van der Waals surface area contributed by atoms with Crippen LogP contribution in [0.4, 0.5) is 26.3 Å². The van der Waals surface area contributed by atoms with Crippen LogP contribution < -0.4 is 0 Å². The molecule has 2 aliphatic heterocycles. The van der Waals surface area contributed by atoms with Gasteiger partial charge < -0.3 is 14.7 Å². The fraction of sp³-hybridized carbons (Fsp3) is 0.455. The van der Waals surface area contributed by atoms with E-state index in [1.165, 1.54) is 6.07 Å². The molecule has 14 heteroatoms. The number of likely N-dealkylation sites (tertiary alicyclic amines) is 1. The average Bonchev–Trinajstić information content (AvgIpc) is 3.58. The minimum absolute atomic E-state index is 0.0755. The number of carbonyl (C=O) groups excluding carboxylic acids is 2. The van der Waals surface area contributed by atoms with Crippen molar-refractivity contribution < 1.29 is 50.6 Å². The molecule has 248 valence electrons. The minimum Gasteiger partial charge on any atom is -0.478 e. The summed E-state index contributed by atoms with van der Waals surface area (Å²) in [4.78, 5) is 41.2. The Labute approximate surface area is 264 Å². The number of carboxylic acids is 1. The number of carboxylic acid groups (broad SMARTS) is 1. The Hall–Kier alpha value is -4.20. The Kier molecular flexibility index (Phi) is 7.30. The summed E-state index contributed by atoms with van der Waals surface area (Å²) in [5.41, 5.74) is -5.01. The lowest BCUT2D eigenvalue weighted by molar-refractivity contribution is -0.160. The van der Waals surface area contributed by atoms with Crippen LogP contribution in [-0.2, 0) is 27.8 Å². The zero-order valence-corrected chi connectivity index (χ0v) is 24.9. The summed E-state index contributed by atoms with van der Waals surface area (Å²) in [5.74, 6) is -4.43. The predicted molar refractivity (Wildman–Crippen MR) is 153 cm³/mol. The van der Waals surface area contributed by atoms with E-state index >= 15 is 4.39 Å². The number of hydrogen-bond donors (Lipinski definition) is 1. The normalized spacial score (nSPS) is 21.1. The van der Waals surface area contributed by atoms with Crippen LogP contribution >= 0.6 is 0 Å². The van der Waals surface area contributed by atoms with Crippen molar-refractivity contribution in [2.45, 2.75) is 56.5 Å². The van der Waals surface area contributed by atoms with Crippen molar-refractivity contribution in [3.8, 4) is 11.3 Å². The number of aromatic carboxylic acids is 1. The molecule has 1 atom stereocenters. The van der Waals surface area contributed by atoms with Crippen LogP contribution in [0, 0.1) is 17.2 Å². The van der Waals surface area contributed by atoms with Crippen LogP contribution in [0.3, 0.4) is 0 Å². The van der Waals surface area contributed by atoms with Gasteiger partial charge in [0.25, 0.3) is 12.3 Å². The lowest BCUT2D eigenvalue weighted by Crippen LogP contribution is -2.46. The highest BCUT2D eigenvalue weighted by atomic mass is 19.4. The maximum atomic E-state index is 15.4. The molecule has 2 aliphatic carbocycles. The second kappa shape index (κ2) is 10.9. The van der Waals surface area contributed by atoms with E-state index in [-0.39, 0.29) is 59.5 Å². The number of nitrogens with zero attached hydrogens (tertiary/aromatic N) is 3. The third-order valence-electron chi connectivity index (χ3n) is 10.2. The summed E-state index contributed by atoms with van der Waals surface area (Å²) < 4.78 is 93.1. The van der Waals surface area contributed by atoms with Crippen LogP contribution in [0.15, 0.2) is 36.4 Å². The summed E-state index contributed by atoms with van der Waals surface area (Å²) >= 11 is 0. The molecule has 2 saturated heterocycles. The van der Waals surface area contributed by atoms with Crippen molar-refractivity contribution in [3.63, 3.8) is 0 Å². The SMILES string of the molecule is O=C(O)c1ccc(-c2nn(C(=O)c3c(C(F)F)cccc3C3(C(F)(F)F)CC3)c3c2CC[C@H](C(=O)N2CCC4(COC4)C2)C3)c(F)c1. The van der Waals surface area contributed by atoms with E-state index in [0.29, 0.717) is 38.3 Å². The number of aromatic nitrogens is 2. The lowest BCUT2D eigenvalue weighted by Gasteiger charge is -2.38. The molecule has 3 heterocycles. The number of benzene rings is 2. The monoisotopic (exact) mass is 661 g/mol. The second-order valence-corrected chi connectivity index (χ2v) is 13.1. The molecule has 4 aliphatic rings. The number of rotatable bonds is 6. The molecule has 47 heavy (non-hydrogen) atoms. The summed E-state index contributed by atoms with van der Waals surface area (Å²) in [5, 5.41) is 13.6. The molecule has 3 aromatic rings. The molecular weight excluding hydrogens is 632 g/mol. The quantitative estimate of drug-likeness (QED) is 0.327. The molecule has 1 N–H and O–H groups in total. The number of amides is 1. The zero-order valence-electron chi connectivity index (χ0n) is 24.9. The van der Waals surface area contributed by atoms with Gasteiger partial charge in [0, 0.05) is 47.5 Å². The summed E-state index contributed by atoms with van der Waals surface area (Å²) in [6, 6.07) is 6.07. The Morgan fingerprint density at radius 2 is 1.81 bits per heavy atom. The van der Waals surface area contributed by atoms with Crippen LogP contribution in [0.2, 0.25) is 0 Å². The number of carbonyl (C=O) groups is 3. The van der Waals surface area contributed by atoms with Gasteiger partial charge in [-0.25, -0.2) is 18.0 Å². The predicted octanol–water partition coefficient (Wildman–Crippen LogP) is 5.96. The molecule has 7 rings (SSSR count). The smallest absolute Gasteiger partial charge is 0.398 e. The van der Waals surface area contributed by atoms with Gasteiger partial charge in [0.2, 0.25) is 5.91 Å². The maximum absolute atomic E-state index is 15.4. The van der Waals surface area contributed by atoms with Gasteiger partial charge in [-0.2, -0.15) is 23.0 Å². The van der Waals surface area contributed by atoms with E-state index in [1.807, 2.05) is 0 Å². The molecule has 0 radical (unpaired) electrons. The maximum Gasteiger partial charge on any atom is 0.398 e. The first kappa shape index (κ1) is 31.4. The van der Waals surface area contributed by atoms with Gasteiger partial charge in [0.1, 0.15) is 5.82 Å². The molecule has 1 saturated carbocycles. The Morgan fingerprint density at radius 3 is 2.38 bits per heavy atom. The van der Waals surface area contributed by atoms with E-state index in [0.717, 1.165) is 41.4 Å². The van der Waals surface area contributed by atoms with E-state index in [1.54, 1.807) is 4.90 Å². The summed E-state index contributed by atoms with van der Waals surface area (Å²) in [6.45, 7) is 2.12. The van der Waals surface area contributed by atoms with E-state index in [9.17, 15) is 41.4 Å². The van der Waals surface area contributed by atoms with Gasteiger partial charge in [-0.05, 0) is 55.9 Å². The first-order valence-electron chi connectivity index (χ1n) is 15.3. The van der Waals surface area contributed by atoms with Crippen LogP contribution in [0.5, 0.6) is 0 Å². The third kappa shape index (κ3) is 5.02. The summed E-state index contributed by atoms with van der Waals surface area (Å²) in [7, 11) is 0. The first-order chi connectivity index (χ1) is 22.3. The van der Waals surface area contributed by atoms with E-state index in [2.05, 4.69) is 5.10 Å². The highest BCUT2D eigenvalue weighted by Crippen LogP contribution is 2.60. The minimum atomic E-state index is -4.82. The Morgan fingerprint density at radius 1 is 1.06 bits per heavy atom. The number of ether oxygens (including phenoxy) is 1. The highest BCUT2D eigenvalue weighted by Gasteiger charge is 2.65. The first-order valence-corrected chi connectivity index (χ1v) is 15.3. The van der Waals surface area contributed by atoms with Crippen LogP contribution in [0.25, 0.3) is 11.3 Å². The fourth-order valence-corrected chi connectivity index (χ4v) is 7.38. The standard InChI is InChI=1S/C33H29F6N3O5/c34-23-12-18(30(45)46)5-6-19(23)26-20-7-4-17(28(43)41-11-10-31(14-41)15-47-16-31)13-24(20)42(40-26)29(44)25-21(27(35)36)2-1-3-22(25)32(8-9-32)33(37,38)39/h1-3,5-6,12,17,27H,4,7-11,13-16H2,(H,45,46)/t17-/m0/s1. The van der Waals surface area contributed by atoms with Crippen molar-refractivity contribution in [2.75, 3.05) is 26.3 Å². The Bertz CT molecular complexity index is 1810. The van der Waals surface area contributed by atoms with E-state index in [4.69, 9.17) is 4.74 Å². The average molecular weight is 662 g/mol. The molecule has 1 aromatic heterocycles. The van der Waals surface area contributed by atoms with Gasteiger partial charge in [0.15, 0.2) is 0 Å². The highest BCUT2D eigenvalue weighted by molar-refractivity contribution is 6.00. The van der Waals surface area contributed by atoms with Gasteiger partial charge in [-0.15, -0.1) is 0 Å².